The maximum absolute atomic E-state index is 12.2. The van der Waals surface area contributed by atoms with Crippen molar-refractivity contribution in [3.63, 3.8) is 0 Å². The number of amides is 1. The molecule has 1 aliphatic rings. The average molecular weight is 319 g/mol. The van der Waals surface area contributed by atoms with E-state index in [1.807, 2.05) is 51.1 Å². The number of esters is 1. The summed E-state index contributed by atoms with van der Waals surface area (Å²) in [5.41, 5.74) is 0.0121. The summed E-state index contributed by atoms with van der Waals surface area (Å²) >= 11 is 0. The minimum Gasteiger partial charge on any atom is -0.468 e. The van der Waals surface area contributed by atoms with Gasteiger partial charge in [0, 0.05) is 13.1 Å². The van der Waals surface area contributed by atoms with Gasteiger partial charge in [0.25, 0.3) is 0 Å². The van der Waals surface area contributed by atoms with Crippen LogP contribution >= 0.6 is 0 Å². The smallest absolute Gasteiger partial charge is 0.410 e. The van der Waals surface area contributed by atoms with Crippen molar-refractivity contribution in [1.29, 1.82) is 0 Å². The van der Waals surface area contributed by atoms with Crippen molar-refractivity contribution in [2.24, 2.45) is 5.41 Å². The molecule has 0 N–H and O–H groups in total. The minimum atomic E-state index is -0.624. The molecule has 5 heteroatoms. The lowest BCUT2D eigenvalue weighted by Crippen LogP contribution is -2.63. The highest BCUT2D eigenvalue weighted by Gasteiger charge is 2.52. The predicted octanol–water partition coefficient (Wildman–Crippen LogP) is 3.03. The second kappa shape index (κ2) is 6.60. The lowest BCUT2D eigenvalue weighted by atomic mass is 9.75. The minimum absolute atomic E-state index is 0.256. The summed E-state index contributed by atoms with van der Waals surface area (Å²) in [7, 11) is 1.39. The number of methoxy groups -OCH3 is 1. The first-order valence-corrected chi connectivity index (χ1v) is 7.86. The number of ether oxygens (including phenoxy) is 2. The van der Waals surface area contributed by atoms with Crippen LogP contribution in [0.1, 0.15) is 32.8 Å². The molecule has 126 valence electrons. The molecule has 0 unspecified atom stereocenters. The van der Waals surface area contributed by atoms with Crippen LogP contribution < -0.4 is 0 Å². The third-order valence-corrected chi connectivity index (χ3v) is 3.99. The van der Waals surface area contributed by atoms with Gasteiger partial charge in [-0.05, 0) is 39.2 Å². The highest BCUT2D eigenvalue weighted by Crippen LogP contribution is 2.37. The summed E-state index contributed by atoms with van der Waals surface area (Å²) in [5.74, 6) is -0.256. The van der Waals surface area contributed by atoms with Crippen LogP contribution in [0.3, 0.4) is 0 Å². The van der Waals surface area contributed by atoms with Crippen molar-refractivity contribution in [3.8, 4) is 0 Å². The molecular weight excluding hydrogens is 294 g/mol. The van der Waals surface area contributed by atoms with Gasteiger partial charge >= 0.3 is 12.1 Å². The van der Waals surface area contributed by atoms with Gasteiger partial charge in [-0.15, -0.1) is 0 Å². The molecule has 1 aliphatic heterocycles. The monoisotopic (exact) mass is 319 g/mol. The van der Waals surface area contributed by atoms with Crippen molar-refractivity contribution in [2.75, 3.05) is 20.2 Å². The molecule has 1 fully saturated rings. The maximum atomic E-state index is 12.2. The first kappa shape index (κ1) is 17.3. The van der Waals surface area contributed by atoms with Gasteiger partial charge in [0.2, 0.25) is 0 Å². The number of hydrogen-bond acceptors (Lipinski definition) is 4. The summed E-state index contributed by atoms with van der Waals surface area (Å²) in [6, 6.07) is 10.00. The van der Waals surface area contributed by atoms with E-state index in [0.29, 0.717) is 19.5 Å². The molecule has 5 nitrogen and oxygen atoms in total. The summed E-state index contributed by atoms with van der Waals surface area (Å²) in [4.78, 5) is 25.8. The first-order chi connectivity index (χ1) is 10.8. The summed E-state index contributed by atoms with van der Waals surface area (Å²) in [6.07, 6.45) is 1.05. The molecule has 0 bridgehead atoms. The van der Waals surface area contributed by atoms with Crippen molar-refractivity contribution >= 4 is 12.1 Å². The number of hydrogen-bond donors (Lipinski definition) is 0. The van der Waals surface area contributed by atoms with E-state index in [0.717, 1.165) is 6.42 Å². The third-order valence-electron chi connectivity index (χ3n) is 3.99. The molecule has 1 saturated heterocycles. The van der Waals surface area contributed by atoms with Crippen LogP contribution in [0.25, 0.3) is 0 Å². The molecule has 2 rings (SSSR count). The standard InChI is InChI=1S/C18H25NO4/c1-17(2,3)23-16(21)19-12-18(13-19,15(20)22-4)11-10-14-8-6-5-7-9-14/h5-9H,10-13H2,1-4H3. The Morgan fingerprint density at radius 2 is 1.78 bits per heavy atom. The van der Waals surface area contributed by atoms with Crippen LogP contribution in [0.5, 0.6) is 0 Å². The quantitative estimate of drug-likeness (QED) is 0.801. The maximum Gasteiger partial charge on any atom is 0.410 e. The van der Waals surface area contributed by atoms with Crippen molar-refractivity contribution in [3.05, 3.63) is 35.9 Å². The van der Waals surface area contributed by atoms with Crippen LogP contribution in [0, 0.1) is 5.41 Å². The zero-order chi connectivity index (χ0) is 17.1. The fourth-order valence-electron chi connectivity index (χ4n) is 2.77. The lowest BCUT2D eigenvalue weighted by Gasteiger charge is -2.47. The second-order valence-corrected chi connectivity index (χ2v) is 7.09. The number of benzene rings is 1. The molecule has 0 spiro atoms. The zero-order valence-electron chi connectivity index (χ0n) is 14.3. The van der Waals surface area contributed by atoms with E-state index in [4.69, 9.17) is 9.47 Å². The Kier molecular flexibility index (Phi) is 4.97. The Hall–Kier alpha value is -2.04. The lowest BCUT2D eigenvalue weighted by molar-refractivity contribution is -0.163. The molecule has 0 aromatic heterocycles. The van der Waals surface area contributed by atoms with E-state index in [1.54, 1.807) is 4.90 Å². The number of carbonyl (C=O) groups is 2. The van der Waals surface area contributed by atoms with Crippen molar-refractivity contribution < 1.29 is 19.1 Å². The van der Waals surface area contributed by atoms with Crippen molar-refractivity contribution in [2.45, 2.75) is 39.2 Å². The Morgan fingerprint density at radius 1 is 1.17 bits per heavy atom. The fourth-order valence-corrected chi connectivity index (χ4v) is 2.77. The number of aryl methyl sites for hydroxylation is 1. The summed E-state index contributed by atoms with van der Waals surface area (Å²) in [6.45, 7) is 6.18. The highest BCUT2D eigenvalue weighted by atomic mass is 16.6. The van der Waals surface area contributed by atoms with Crippen LogP contribution in [0.15, 0.2) is 30.3 Å². The molecule has 23 heavy (non-hydrogen) atoms. The predicted molar refractivity (Wildman–Crippen MR) is 87.0 cm³/mol. The van der Waals surface area contributed by atoms with Gasteiger partial charge in [0.15, 0.2) is 0 Å². The van der Waals surface area contributed by atoms with Gasteiger partial charge in [0.05, 0.1) is 7.11 Å². The van der Waals surface area contributed by atoms with E-state index in [2.05, 4.69) is 0 Å². The van der Waals surface area contributed by atoms with Gasteiger partial charge < -0.3 is 14.4 Å². The molecular formula is C18H25NO4. The number of likely N-dealkylation sites (tertiary alicyclic amines) is 1. The molecule has 1 aromatic carbocycles. The highest BCUT2D eigenvalue weighted by molar-refractivity contribution is 5.82. The van der Waals surface area contributed by atoms with Gasteiger partial charge in [-0.25, -0.2) is 4.79 Å². The topological polar surface area (TPSA) is 55.8 Å². The first-order valence-electron chi connectivity index (χ1n) is 7.86. The van der Waals surface area contributed by atoms with Crippen LogP contribution in [0.2, 0.25) is 0 Å². The van der Waals surface area contributed by atoms with E-state index >= 15 is 0 Å². The van der Waals surface area contributed by atoms with Gasteiger partial charge in [-0.2, -0.15) is 0 Å². The molecule has 1 aromatic rings. The fraction of sp³-hybridized carbons (Fsp3) is 0.556. The molecule has 0 aliphatic carbocycles. The Morgan fingerprint density at radius 3 is 2.30 bits per heavy atom. The summed E-state index contributed by atoms with van der Waals surface area (Å²) in [5, 5.41) is 0. The molecule has 1 amide bonds. The second-order valence-electron chi connectivity index (χ2n) is 7.09. The van der Waals surface area contributed by atoms with Crippen LogP contribution in [-0.2, 0) is 20.7 Å². The Bertz CT molecular complexity index is 556. The Balaban J connectivity index is 1.98. The molecule has 0 radical (unpaired) electrons. The van der Waals surface area contributed by atoms with E-state index in [9.17, 15) is 9.59 Å². The van der Waals surface area contributed by atoms with Gasteiger partial charge in [-0.1, -0.05) is 30.3 Å². The Labute approximate surface area is 137 Å². The molecule has 0 saturated carbocycles. The average Bonchev–Trinajstić information content (AvgIpc) is 2.44. The van der Waals surface area contributed by atoms with E-state index in [1.165, 1.54) is 12.7 Å². The third kappa shape index (κ3) is 4.24. The van der Waals surface area contributed by atoms with E-state index < -0.39 is 11.0 Å². The molecule has 1 heterocycles. The van der Waals surface area contributed by atoms with Crippen LogP contribution in [0.4, 0.5) is 4.79 Å². The van der Waals surface area contributed by atoms with Crippen molar-refractivity contribution in [1.82, 2.24) is 4.90 Å². The van der Waals surface area contributed by atoms with Crippen LogP contribution in [-0.4, -0.2) is 42.8 Å². The number of carbonyl (C=O) groups excluding carboxylic acids is 2. The molecule has 0 atom stereocenters. The van der Waals surface area contributed by atoms with E-state index in [-0.39, 0.29) is 12.1 Å². The normalized spacial score (nSPS) is 16.4. The zero-order valence-corrected chi connectivity index (χ0v) is 14.3. The number of nitrogens with zero attached hydrogens (tertiary/aromatic N) is 1. The SMILES string of the molecule is COC(=O)C1(CCc2ccccc2)CN(C(=O)OC(C)(C)C)C1. The largest absolute Gasteiger partial charge is 0.468 e. The van der Waals surface area contributed by atoms with Gasteiger partial charge in [0.1, 0.15) is 11.0 Å². The van der Waals surface area contributed by atoms with Gasteiger partial charge in [-0.3, -0.25) is 4.79 Å². The number of rotatable bonds is 4. The summed E-state index contributed by atoms with van der Waals surface area (Å²) < 4.78 is 10.3.